The molecule has 0 aromatic heterocycles. The zero-order valence-electron chi connectivity index (χ0n) is 9.85. The van der Waals surface area contributed by atoms with Crippen LogP contribution in [0.5, 0.6) is 0 Å². The van der Waals surface area contributed by atoms with Crippen molar-refractivity contribution in [1.29, 1.82) is 0 Å². The van der Waals surface area contributed by atoms with Crippen molar-refractivity contribution in [3.63, 3.8) is 0 Å². The molecule has 0 spiro atoms. The Balaban J connectivity index is 2.42. The standard InChI is InChI=1S/C12H14ClNO3S/c1-2-10(12(16)17)18-7-11(15)14-9-5-3-8(13)4-6-9/h3-6,10H,2,7H2,1H3,(H,14,15)(H,16,17). The van der Waals surface area contributed by atoms with Crippen LogP contribution in [0.2, 0.25) is 5.02 Å². The van der Waals surface area contributed by atoms with Gasteiger partial charge in [0.2, 0.25) is 5.91 Å². The van der Waals surface area contributed by atoms with E-state index in [2.05, 4.69) is 5.32 Å². The highest BCUT2D eigenvalue weighted by Crippen LogP contribution is 2.17. The molecule has 1 rings (SSSR count). The normalized spacial score (nSPS) is 11.9. The van der Waals surface area contributed by atoms with Crippen LogP contribution in [0.1, 0.15) is 13.3 Å². The van der Waals surface area contributed by atoms with Gasteiger partial charge in [-0.2, -0.15) is 0 Å². The fraction of sp³-hybridized carbons (Fsp3) is 0.333. The van der Waals surface area contributed by atoms with Gasteiger partial charge < -0.3 is 10.4 Å². The largest absolute Gasteiger partial charge is 0.480 e. The number of rotatable bonds is 6. The highest BCUT2D eigenvalue weighted by Gasteiger charge is 2.16. The van der Waals surface area contributed by atoms with E-state index in [0.29, 0.717) is 17.1 Å². The number of carbonyl (C=O) groups excluding carboxylic acids is 1. The van der Waals surface area contributed by atoms with E-state index in [1.807, 2.05) is 0 Å². The predicted molar refractivity (Wildman–Crippen MR) is 74.3 cm³/mol. The average molecular weight is 288 g/mol. The number of aliphatic carboxylic acids is 1. The summed E-state index contributed by atoms with van der Waals surface area (Å²) in [5.74, 6) is -0.989. The minimum Gasteiger partial charge on any atom is -0.480 e. The van der Waals surface area contributed by atoms with E-state index in [9.17, 15) is 9.59 Å². The van der Waals surface area contributed by atoms with Crippen LogP contribution < -0.4 is 5.32 Å². The molecule has 1 unspecified atom stereocenters. The summed E-state index contributed by atoms with van der Waals surface area (Å²) in [5, 5.41) is 11.6. The minimum absolute atomic E-state index is 0.118. The maximum absolute atomic E-state index is 11.6. The Bertz CT molecular complexity index is 422. The zero-order chi connectivity index (χ0) is 13.5. The molecule has 0 heterocycles. The molecular weight excluding hydrogens is 274 g/mol. The maximum atomic E-state index is 11.6. The van der Waals surface area contributed by atoms with Crippen LogP contribution in [0.15, 0.2) is 24.3 Å². The Morgan fingerprint density at radius 1 is 1.39 bits per heavy atom. The number of nitrogens with one attached hydrogen (secondary N) is 1. The molecule has 6 heteroatoms. The summed E-state index contributed by atoms with van der Waals surface area (Å²) >= 11 is 6.84. The zero-order valence-corrected chi connectivity index (χ0v) is 11.4. The molecule has 18 heavy (non-hydrogen) atoms. The van der Waals surface area contributed by atoms with Gasteiger partial charge in [0.25, 0.3) is 0 Å². The first-order chi connectivity index (χ1) is 8.52. The average Bonchev–Trinajstić information content (AvgIpc) is 2.32. The first-order valence-corrected chi connectivity index (χ1v) is 6.85. The second-order valence-corrected chi connectivity index (χ2v) is 5.23. The number of anilines is 1. The van der Waals surface area contributed by atoms with Crippen molar-refractivity contribution in [2.75, 3.05) is 11.1 Å². The number of hydrogen-bond donors (Lipinski definition) is 2. The Hall–Kier alpha value is -1.20. The third kappa shape index (κ3) is 4.98. The lowest BCUT2D eigenvalue weighted by atomic mass is 10.3. The summed E-state index contributed by atoms with van der Waals surface area (Å²) in [6, 6.07) is 6.74. The van der Waals surface area contributed by atoms with E-state index in [-0.39, 0.29) is 11.7 Å². The highest BCUT2D eigenvalue weighted by molar-refractivity contribution is 8.01. The van der Waals surface area contributed by atoms with Crippen molar-refractivity contribution in [2.24, 2.45) is 0 Å². The van der Waals surface area contributed by atoms with Gasteiger partial charge in [0, 0.05) is 10.7 Å². The third-order valence-corrected chi connectivity index (χ3v) is 3.81. The van der Waals surface area contributed by atoms with Crippen LogP contribution in [0.3, 0.4) is 0 Å². The molecule has 98 valence electrons. The number of halogens is 1. The molecule has 2 N–H and O–H groups in total. The van der Waals surface area contributed by atoms with Crippen molar-refractivity contribution in [2.45, 2.75) is 18.6 Å². The van der Waals surface area contributed by atoms with Crippen molar-refractivity contribution in [3.05, 3.63) is 29.3 Å². The summed E-state index contributed by atoms with van der Waals surface area (Å²) in [4.78, 5) is 22.4. The third-order valence-electron chi connectivity index (χ3n) is 2.19. The van der Waals surface area contributed by atoms with Gasteiger partial charge in [-0.3, -0.25) is 9.59 Å². The van der Waals surface area contributed by atoms with Crippen molar-refractivity contribution >= 4 is 40.9 Å². The summed E-state index contributed by atoms with van der Waals surface area (Å²) in [6.07, 6.45) is 0.494. The molecule has 0 aliphatic heterocycles. The van der Waals surface area contributed by atoms with Crippen LogP contribution in [0.4, 0.5) is 5.69 Å². The molecular formula is C12H14ClNO3S. The number of thioether (sulfide) groups is 1. The topological polar surface area (TPSA) is 66.4 Å². The van der Waals surface area contributed by atoms with Crippen molar-refractivity contribution < 1.29 is 14.7 Å². The lowest BCUT2D eigenvalue weighted by Crippen LogP contribution is -2.20. The molecule has 4 nitrogen and oxygen atoms in total. The molecule has 0 aliphatic rings. The molecule has 1 aromatic carbocycles. The Kier molecular flexibility index (Phi) is 6.01. The number of hydrogen-bond acceptors (Lipinski definition) is 3. The quantitative estimate of drug-likeness (QED) is 0.844. The Morgan fingerprint density at radius 3 is 2.50 bits per heavy atom. The number of carbonyl (C=O) groups is 2. The molecule has 1 amide bonds. The maximum Gasteiger partial charge on any atom is 0.316 e. The van der Waals surface area contributed by atoms with E-state index in [1.165, 1.54) is 0 Å². The summed E-state index contributed by atoms with van der Waals surface area (Å²) in [5.41, 5.74) is 0.647. The van der Waals surface area contributed by atoms with Gasteiger partial charge in [-0.15, -0.1) is 11.8 Å². The number of benzene rings is 1. The predicted octanol–water partition coefficient (Wildman–Crippen LogP) is 2.87. The van der Waals surface area contributed by atoms with E-state index in [0.717, 1.165) is 11.8 Å². The first kappa shape index (κ1) is 14.9. The van der Waals surface area contributed by atoms with Crippen molar-refractivity contribution in [1.82, 2.24) is 0 Å². The molecule has 0 fully saturated rings. The Morgan fingerprint density at radius 2 is 2.00 bits per heavy atom. The van der Waals surface area contributed by atoms with Gasteiger partial charge in [0.1, 0.15) is 5.25 Å². The van der Waals surface area contributed by atoms with Crippen molar-refractivity contribution in [3.8, 4) is 0 Å². The lowest BCUT2D eigenvalue weighted by molar-refractivity contribution is -0.136. The second-order valence-electron chi connectivity index (χ2n) is 3.60. The first-order valence-electron chi connectivity index (χ1n) is 5.42. The van der Waals surface area contributed by atoms with Gasteiger partial charge in [-0.05, 0) is 30.7 Å². The van der Waals surface area contributed by atoms with Gasteiger partial charge in [0.05, 0.1) is 5.75 Å². The summed E-state index contributed by atoms with van der Waals surface area (Å²) in [6.45, 7) is 1.78. The number of carboxylic acid groups (broad SMARTS) is 1. The second kappa shape index (κ2) is 7.28. The lowest BCUT2D eigenvalue weighted by Gasteiger charge is -2.09. The summed E-state index contributed by atoms with van der Waals surface area (Å²) in [7, 11) is 0. The van der Waals surface area contributed by atoms with E-state index in [1.54, 1.807) is 31.2 Å². The molecule has 0 aliphatic carbocycles. The van der Waals surface area contributed by atoms with E-state index < -0.39 is 11.2 Å². The van der Waals surface area contributed by atoms with Gasteiger partial charge >= 0.3 is 5.97 Å². The van der Waals surface area contributed by atoms with Gasteiger partial charge in [-0.25, -0.2) is 0 Å². The minimum atomic E-state index is -0.887. The molecule has 0 radical (unpaired) electrons. The smallest absolute Gasteiger partial charge is 0.316 e. The van der Waals surface area contributed by atoms with Crippen LogP contribution >= 0.6 is 23.4 Å². The monoisotopic (exact) mass is 287 g/mol. The fourth-order valence-corrected chi connectivity index (χ4v) is 2.20. The van der Waals surface area contributed by atoms with Crippen LogP contribution in [-0.2, 0) is 9.59 Å². The van der Waals surface area contributed by atoms with Crippen LogP contribution in [0, 0.1) is 0 Å². The molecule has 0 saturated heterocycles. The molecule has 0 saturated carbocycles. The molecule has 0 bridgehead atoms. The number of carboxylic acids is 1. The van der Waals surface area contributed by atoms with Gasteiger partial charge in [0.15, 0.2) is 0 Å². The highest BCUT2D eigenvalue weighted by atomic mass is 35.5. The molecule has 1 atom stereocenters. The molecule has 1 aromatic rings. The Labute approximate surface area is 115 Å². The van der Waals surface area contributed by atoms with Crippen LogP contribution in [-0.4, -0.2) is 28.0 Å². The van der Waals surface area contributed by atoms with Crippen LogP contribution in [0.25, 0.3) is 0 Å². The summed E-state index contributed by atoms with van der Waals surface area (Å²) < 4.78 is 0. The van der Waals surface area contributed by atoms with E-state index in [4.69, 9.17) is 16.7 Å². The van der Waals surface area contributed by atoms with E-state index >= 15 is 0 Å². The SMILES string of the molecule is CCC(SCC(=O)Nc1ccc(Cl)cc1)C(=O)O. The number of amides is 1. The van der Waals surface area contributed by atoms with Gasteiger partial charge in [-0.1, -0.05) is 18.5 Å². The fourth-order valence-electron chi connectivity index (χ4n) is 1.27.